The van der Waals surface area contributed by atoms with Crippen molar-refractivity contribution in [3.63, 3.8) is 0 Å². The first kappa shape index (κ1) is 18.2. The average molecular weight is 319 g/mol. The lowest BCUT2D eigenvalue weighted by Gasteiger charge is -2.21. The molecule has 1 heteroatoms. The molecule has 0 aliphatic carbocycles. The van der Waals surface area contributed by atoms with Crippen LogP contribution < -0.4 is 0 Å². The van der Waals surface area contributed by atoms with Crippen LogP contribution >= 0.6 is 0 Å². The summed E-state index contributed by atoms with van der Waals surface area (Å²) >= 11 is 0. The molecule has 0 saturated carbocycles. The van der Waals surface area contributed by atoms with Gasteiger partial charge in [0.15, 0.2) is 0 Å². The third-order valence-corrected chi connectivity index (χ3v) is 4.65. The van der Waals surface area contributed by atoms with Crippen molar-refractivity contribution in [1.29, 1.82) is 0 Å². The second kappa shape index (κ2) is 8.63. The number of benzene rings is 2. The standard InChI is InChI=1S/C23H29N/c1-6-24-16-20(5)23-13-8-7-12-22(23)19(4)15-18(3)21-11-9-10-17(2)14-21/h6-14,16,18-19H,15H2,1-5H3/b20-16+,24-6?. The van der Waals surface area contributed by atoms with Gasteiger partial charge in [0.05, 0.1) is 0 Å². The van der Waals surface area contributed by atoms with E-state index in [4.69, 9.17) is 0 Å². The van der Waals surface area contributed by atoms with Gasteiger partial charge in [0.1, 0.15) is 0 Å². The molecule has 0 aliphatic heterocycles. The summed E-state index contributed by atoms with van der Waals surface area (Å²) in [5, 5.41) is 0. The monoisotopic (exact) mass is 319 g/mol. The summed E-state index contributed by atoms with van der Waals surface area (Å²) in [6, 6.07) is 17.6. The summed E-state index contributed by atoms with van der Waals surface area (Å²) in [5.74, 6) is 1.05. The molecule has 0 aliphatic rings. The maximum atomic E-state index is 4.28. The minimum absolute atomic E-state index is 0.505. The molecule has 2 atom stereocenters. The van der Waals surface area contributed by atoms with Crippen molar-refractivity contribution >= 4 is 11.8 Å². The van der Waals surface area contributed by atoms with Crippen molar-refractivity contribution in [2.24, 2.45) is 4.99 Å². The number of rotatable bonds is 6. The highest BCUT2D eigenvalue weighted by atomic mass is 14.7. The molecule has 1 nitrogen and oxygen atoms in total. The van der Waals surface area contributed by atoms with E-state index in [0.717, 1.165) is 6.42 Å². The van der Waals surface area contributed by atoms with Gasteiger partial charge in [0.2, 0.25) is 0 Å². The summed E-state index contributed by atoms with van der Waals surface area (Å²) in [4.78, 5) is 4.28. The van der Waals surface area contributed by atoms with E-state index in [9.17, 15) is 0 Å². The highest BCUT2D eigenvalue weighted by Crippen LogP contribution is 2.33. The topological polar surface area (TPSA) is 12.4 Å². The van der Waals surface area contributed by atoms with Gasteiger partial charge in [-0.1, -0.05) is 67.9 Å². The molecular weight excluding hydrogens is 290 g/mol. The molecule has 2 aromatic rings. The zero-order valence-corrected chi connectivity index (χ0v) is 15.6. The molecule has 2 unspecified atom stereocenters. The van der Waals surface area contributed by atoms with Gasteiger partial charge in [-0.2, -0.15) is 0 Å². The van der Waals surface area contributed by atoms with Gasteiger partial charge < -0.3 is 0 Å². The summed E-state index contributed by atoms with van der Waals surface area (Å²) in [5.41, 5.74) is 6.72. The van der Waals surface area contributed by atoms with Crippen LogP contribution in [0.4, 0.5) is 0 Å². The van der Waals surface area contributed by atoms with E-state index < -0.39 is 0 Å². The molecule has 2 rings (SSSR count). The van der Waals surface area contributed by atoms with Gasteiger partial charge in [0, 0.05) is 12.4 Å². The smallest absolute Gasteiger partial charge is 0.0299 e. The molecular formula is C23H29N. The van der Waals surface area contributed by atoms with E-state index in [1.54, 1.807) is 0 Å². The molecule has 24 heavy (non-hydrogen) atoms. The minimum atomic E-state index is 0.505. The molecule has 0 N–H and O–H groups in total. The fourth-order valence-corrected chi connectivity index (χ4v) is 3.31. The van der Waals surface area contributed by atoms with Crippen molar-refractivity contribution in [3.05, 3.63) is 77.0 Å². The predicted octanol–water partition coefficient (Wildman–Crippen LogP) is 6.74. The molecule has 0 spiro atoms. The van der Waals surface area contributed by atoms with Crippen LogP contribution in [0.15, 0.2) is 59.7 Å². The first-order valence-electron chi connectivity index (χ1n) is 8.83. The lowest BCUT2D eigenvalue weighted by Crippen LogP contribution is -2.04. The van der Waals surface area contributed by atoms with Gasteiger partial charge >= 0.3 is 0 Å². The maximum absolute atomic E-state index is 4.28. The van der Waals surface area contributed by atoms with E-state index in [2.05, 4.69) is 81.2 Å². The summed E-state index contributed by atoms with van der Waals surface area (Å²) in [6.07, 6.45) is 4.93. The van der Waals surface area contributed by atoms with Gasteiger partial charge in [-0.3, -0.25) is 4.99 Å². The Balaban J connectivity index is 2.22. The Morgan fingerprint density at radius 2 is 1.79 bits per heavy atom. The van der Waals surface area contributed by atoms with Crippen molar-refractivity contribution < 1.29 is 0 Å². The normalized spacial score (nSPS) is 14.8. The lowest BCUT2D eigenvalue weighted by molar-refractivity contribution is 0.592. The number of aryl methyl sites for hydroxylation is 1. The Hall–Kier alpha value is -2.15. The van der Waals surface area contributed by atoms with Crippen molar-refractivity contribution in [1.82, 2.24) is 0 Å². The quantitative estimate of drug-likeness (QED) is 0.522. The van der Waals surface area contributed by atoms with Crippen molar-refractivity contribution in [2.75, 3.05) is 0 Å². The predicted molar refractivity (Wildman–Crippen MR) is 107 cm³/mol. The van der Waals surface area contributed by atoms with Crippen LogP contribution in [0, 0.1) is 6.92 Å². The molecule has 0 radical (unpaired) electrons. The molecule has 0 bridgehead atoms. The van der Waals surface area contributed by atoms with Crippen LogP contribution in [0.25, 0.3) is 5.57 Å². The maximum Gasteiger partial charge on any atom is 0.0299 e. The van der Waals surface area contributed by atoms with E-state index in [1.165, 1.54) is 27.8 Å². The first-order valence-corrected chi connectivity index (χ1v) is 8.83. The van der Waals surface area contributed by atoms with E-state index in [-0.39, 0.29) is 0 Å². The van der Waals surface area contributed by atoms with Crippen LogP contribution in [0.1, 0.15) is 68.2 Å². The Labute approximate surface area is 147 Å². The highest BCUT2D eigenvalue weighted by Gasteiger charge is 2.16. The number of hydrogen-bond acceptors (Lipinski definition) is 1. The van der Waals surface area contributed by atoms with E-state index in [0.29, 0.717) is 11.8 Å². The molecule has 0 heterocycles. The molecule has 126 valence electrons. The fraction of sp³-hybridized carbons (Fsp3) is 0.348. The zero-order valence-electron chi connectivity index (χ0n) is 15.6. The van der Waals surface area contributed by atoms with Crippen LogP contribution in [0.5, 0.6) is 0 Å². The second-order valence-electron chi connectivity index (χ2n) is 6.76. The lowest BCUT2D eigenvalue weighted by atomic mass is 9.84. The first-order chi connectivity index (χ1) is 11.5. The molecule has 0 amide bonds. The number of nitrogens with zero attached hydrogens (tertiary/aromatic N) is 1. The SMILES string of the molecule is CC=N/C=C(\C)c1ccccc1C(C)CC(C)c1cccc(C)c1. The third-order valence-electron chi connectivity index (χ3n) is 4.65. The van der Waals surface area contributed by atoms with Gasteiger partial charge in [-0.25, -0.2) is 0 Å². The zero-order chi connectivity index (χ0) is 17.5. The number of hydrogen-bond donors (Lipinski definition) is 0. The fourth-order valence-electron chi connectivity index (χ4n) is 3.31. The van der Waals surface area contributed by atoms with Crippen molar-refractivity contribution in [2.45, 2.75) is 52.9 Å². The Morgan fingerprint density at radius 3 is 2.50 bits per heavy atom. The van der Waals surface area contributed by atoms with Gasteiger partial charge in [-0.15, -0.1) is 0 Å². The van der Waals surface area contributed by atoms with Gasteiger partial charge in [0.25, 0.3) is 0 Å². The summed E-state index contributed by atoms with van der Waals surface area (Å²) < 4.78 is 0. The minimum Gasteiger partial charge on any atom is -0.269 e. The van der Waals surface area contributed by atoms with Crippen LogP contribution in [-0.4, -0.2) is 6.21 Å². The Bertz CT molecular complexity index is 724. The summed E-state index contributed by atoms with van der Waals surface area (Å²) in [7, 11) is 0. The molecule has 2 aromatic carbocycles. The molecule has 0 fully saturated rings. The molecule has 0 saturated heterocycles. The average Bonchev–Trinajstić information content (AvgIpc) is 2.59. The van der Waals surface area contributed by atoms with Crippen LogP contribution in [0.3, 0.4) is 0 Å². The largest absolute Gasteiger partial charge is 0.269 e. The van der Waals surface area contributed by atoms with Crippen LogP contribution in [0.2, 0.25) is 0 Å². The van der Waals surface area contributed by atoms with Crippen molar-refractivity contribution in [3.8, 4) is 0 Å². The number of allylic oxidation sites excluding steroid dienone is 1. The Kier molecular flexibility index (Phi) is 6.54. The van der Waals surface area contributed by atoms with Crippen LogP contribution in [-0.2, 0) is 0 Å². The van der Waals surface area contributed by atoms with Gasteiger partial charge in [-0.05, 0) is 61.3 Å². The Morgan fingerprint density at radius 1 is 1.04 bits per heavy atom. The summed E-state index contributed by atoms with van der Waals surface area (Å²) in [6.45, 7) is 10.9. The van der Waals surface area contributed by atoms with E-state index >= 15 is 0 Å². The number of aliphatic imine (C=N–C) groups is 1. The second-order valence-corrected chi connectivity index (χ2v) is 6.76. The third kappa shape index (κ3) is 4.67. The van der Waals surface area contributed by atoms with E-state index in [1.807, 2.05) is 19.3 Å². The molecule has 0 aromatic heterocycles. The highest BCUT2D eigenvalue weighted by molar-refractivity contribution is 5.68.